The Labute approximate surface area is 77.5 Å². The average molecular weight is 215 g/mol. The number of halogens is 1. The topological polar surface area (TPSA) is 0 Å². The lowest BCUT2D eigenvalue weighted by molar-refractivity contribution is 0.380. The first-order valence-corrected chi connectivity index (χ1v) is 5.14. The Kier molecular flexibility index (Phi) is 2.58. The van der Waals surface area contributed by atoms with Crippen molar-refractivity contribution in [3.05, 3.63) is 24.8 Å². The van der Waals surface area contributed by atoms with Crippen LogP contribution in [0.3, 0.4) is 0 Å². The molecule has 0 aromatic carbocycles. The lowest BCUT2D eigenvalue weighted by Crippen LogP contribution is -2.23. The lowest BCUT2D eigenvalue weighted by atomic mass is 9.80. The van der Waals surface area contributed by atoms with Gasteiger partial charge in [-0.2, -0.15) is 0 Å². The molecule has 0 aromatic rings. The van der Waals surface area contributed by atoms with Crippen molar-refractivity contribution >= 4 is 15.9 Å². The molecule has 1 aliphatic carbocycles. The molecule has 1 rings (SSSR count). The van der Waals surface area contributed by atoms with Gasteiger partial charge in [-0.25, -0.2) is 0 Å². The van der Waals surface area contributed by atoms with Gasteiger partial charge < -0.3 is 0 Å². The van der Waals surface area contributed by atoms with Crippen molar-refractivity contribution in [2.24, 2.45) is 11.3 Å². The van der Waals surface area contributed by atoms with E-state index < -0.39 is 0 Å². The first kappa shape index (κ1) is 9.05. The Morgan fingerprint density at radius 3 is 2.82 bits per heavy atom. The van der Waals surface area contributed by atoms with E-state index in [0.29, 0.717) is 5.92 Å². The largest absolute Gasteiger partial charge is 0.103 e. The monoisotopic (exact) mass is 214 g/mol. The zero-order chi connectivity index (χ0) is 8.48. The van der Waals surface area contributed by atoms with E-state index in [4.69, 9.17) is 0 Å². The number of rotatable bonds is 2. The molecule has 0 saturated heterocycles. The number of allylic oxidation sites excluding steroid dienone is 2. The Hall–Kier alpha value is -0.0400. The molecule has 0 nitrogen and oxygen atoms in total. The van der Waals surface area contributed by atoms with Crippen molar-refractivity contribution in [1.29, 1.82) is 0 Å². The second-order valence-electron chi connectivity index (χ2n) is 3.54. The van der Waals surface area contributed by atoms with Crippen LogP contribution in [0, 0.1) is 11.3 Å². The summed E-state index contributed by atoms with van der Waals surface area (Å²) in [6, 6.07) is 0. The highest BCUT2D eigenvalue weighted by Gasteiger charge is 2.38. The fourth-order valence-electron chi connectivity index (χ4n) is 1.77. The molecule has 1 fully saturated rings. The Balaban J connectivity index is 2.86. The first-order chi connectivity index (χ1) is 5.15. The zero-order valence-corrected chi connectivity index (χ0v) is 8.65. The molecule has 1 saturated carbocycles. The van der Waals surface area contributed by atoms with E-state index in [2.05, 4.69) is 42.1 Å². The fraction of sp³-hybridized carbons (Fsp3) is 0.600. The summed E-state index contributed by atoms with van der Waals surface area (Å²) in [7, 11) is 0. The van der Waals surface area contributed by atoms with Crippen molar-refractivity contribution in [1.82, 2.24) is 0 Å². The predicted molar refractivity (Wildman–Crippen MR) is 54.0 cm³/mol. The molecule has 0 aliphatic heterocycles. The van der Waals surface area contributed by atoms with Gasteiger partial charge in [0.25, 0.3) is 0 Å². The van der Waals surface area contributed by atoms with Crippen LogP contribution in [0.2, 0.25) is 0 Å². The molecule has 0 heterocycles. The molecule has 2 atom stereocenters. The summed E-state index contributed by atoms with van der Waals surface area (Å²) in [4.78, 5) is 0. The van der Waals surface area contributed by atoms with E-state index in [9.17, 15) is 0 Å². The highest BCUT2D eigenvalue weighted by Crippen LogP contribution is 2.47. The molecule has 0 spiro atoms. The van der Waals surface area contributed by atoms with Crippen molar-refractivity contribution in [3.63, 3.8) is 0 Å². The summed E-state index contributed by atoms with van der Waals surface area (Å²) in [5.74, 6) is 0.620. The molecule has 0 amide bonds. The van der Waals surface area contributed by atoms with Crippen molar-refractivity contribution in [2.45, 2.75) is 19.8 Å². The molecule has 0 bridgehead atoms. The smallest absolute Gasteiger partial charge is 0.0128 e. The van der Waals surface area contributed by atoms with Crippen LogP contribution in [0.1, 0.15) is 19.8 Å². The summed E-state index contributed by atoms with van der Waals surface area (Å²) in [5.41, 5.74) is 1.64. The van der Waals surface area contributed by atoms with E-state index in [1.165, 1.54) is 18.4 Å². The molecule has 62 valence electrons. The van der Waals surface area contributed by atoms with Crippen LogP contribution in [0.5, 0.6) is 0 Å². The van der Waals surface area contributed by atoms with Crippen LogP contribution in [0.25, 0.3) is 0 Å². The van der Waals surface area contributed by atoms with Crippen LogP contribution < -0.4 is 0 Å². The van der Waals surface area contributed by atoms with Crippen LogP contribution in [-0.2, 0) is 0 Å². The van der Waals surface area contributed by atoms with Crippen LogP contribution >= 0.6 is 15.9 Å². The third-order valence-corrected chi connectivity index (χ3v) is 4.11. The Morgan fingerprint density at radius 2 is 2.45 bits per heavy atom. The van der Waals surface area contributed by atoms with Gasteiger partial charge in [0.05, 0.1) is 0 Å². The van der Waals surface area contributed by atoms with Gasteiger partial charge in [0.2, 0.25) is 0 Å². The van der Waals surface area contributed by atoms with Gasteiger partial charge in [0.15, 0.2) is 0 Å². The highest BCUT2D eigenvalue weighted by atomic mass is 79.9. The minimum atomic E-state index is 0.266. The summed E-state index contributed by atoms with van der Waals surface area (Å²) in [5, 5.41) is 1.01. The third-order valence-electron chi connectivity index (χ3n) is 2.95. The molecular formula is C10H15Br. The summed E-state index contributed by atoms with van der Waals surface area (Å²) >= 11 is 3.55. The number of hydrogen-bond donors (Lipinski definition) is 0. The summed E-state index contributed by atoms with van der Waals surface area (Å²) in [6.07, 6.45) is 4.46. The van der Waals surface area contributed by atoms with Crippen LogP contribution in [0.4, 0.5) is 0 Å². The second-order valence-corrected chi connectivity index (χ2v) is 4.10. The molecule has 0 N–H and O–H groups in total. The molecule has 1 aliphatic rings. The van der Waals surface area contributed by atoms with E-state index in [1.807, 2.05) is 0 Å². The van der Waals surface area contributed by atoms with Crippen LogP contribution in [0.15, 0.2) is 24.8 Å². The van der Waals surface area contributed by atoms with Crippen molar-refractivity contribution in [3.8, 4) is 0 Å². The normalized spacial score (nSPS) is 37.6. The summed E-state index contributed by atoms with van der Waals surface area (Å²) < 4.78 is 0. The second kappa shape index (κ2) is 3.14. The van der Waals surface area contributed by atoms with Gasteiger partial charge >= 0.3 is 0 Å². The quantitative estimate of drug-likeness (QED) is 0.488. The third kappa shape index (κ3) is 1.31. The SMILES string of the molecule is C=C[C@H]1CCC(=C)[C@]1(C)CBr. The molecule has 0 aromatic heterocycles. The highest BCUT2D eigenvalue weighted by molar-refractivity contribution is 9.09. The summed E-state index contributed by atoms with van der Waals surface area (Å²) in [6.45, 7) is 10.2. The maximum atomic E-state index is 4.10. The standard InChI is InChI=1S/C10H15Br/c1-4-9-6-5-8(2)10(9,3)7-11/h4,9H,1-2,5-7H2,3H3/t9-,10-/m0/s1. The fourth-order valence-corrected chi connectivity index (χ4v) is 2.58. The maximum Gasteiger partial charge on any atom is 0.0128 e. The van der Waals surface area contributed by atoms with Gasteiger partial charge in [-0.15, -0.1) is 6.58 Å². The molecule has 0 radical (unpaired) electrons. The first-order valence-electron chi connectivity index (χ1n) is 4.02. The average Bonchev–Trinajstić information content (AvgIpc) is 2.30. The molecule has 0 unspecified atom stereocenters. The number of alkyl halides is 1. The molecular weight excluding hydrogens is 200 g/mol. The lowest BCUT2D eigenvalue weighted by Gasteiger charge is -2.28. The van der Waals surface area contributed by atoms with Gasteiger partial charge in [0, 0.05) is 10.7 Å². The molecule has 11 heavy (non-hydrogen) atoms. The van der Waals surface area contributed by atoms with Crippen molar-refractivity contribution in [2.75, 3.05) is 5.33 Å². The minimum absolute atomic E-state index is 0.266. The van der Waals surface area contributed by atoms with Gasteiger partial charge in [-0.05, 0) is 18.8 Å². The van der Waals surface area contributed by atoms with Gasteiger partial charge in [-0.1, -0.05) is 41.1 Å². The number of hydrogen-bond acceptors (Lipinski definition) is 0. The van der Waals surface area contributed by atoms with E-state index in [0.717, 1.165) is 5.33 Å². The predicted octanol–water partition coefficient (Wildman–Crippen LogP) is 3.54. The van der Waals surface area contributed by atoms with E-state index >= 15 is 0 Å². The Bertz CT molecular complexity index is 183. The van der Waals surface area contributed by atoms with Gasteiger partial charge in [-0.3, -0.25) is 0 Å². The van der Waals surface area contributed by atoms with Crippen LogP contribution in [-0.4, -0.2) is 5.33 Å². The molecule has 1 heteroatoms. The van der Waals surface area contributed by atoms with Crippen molar-refractivity contribution < 1.29 is 0 Å². The van der Waals surface area contributed by atoms with E-state index in [1.54, 1.807) is 0 Å². The Morgan fingerprint density at radius 1 is 1.82 bits per heavy atom. The van der Waals surface area contributed by atoms with E-state index in [-0.39, 0.29) is 5.41 Å². The van der Waals surface area contributed by atoms with Gasteiger partial charge in [0.1, 0.15) is 0 Å². The minimum Gasteiger partial charge on any atom is -0.103 e. The maximum absolute atomic E-state index is 4.10. The zero-order valence-electron chi connectivity index (χ0n) is 7.07.